The van der Waals surface area contributed by atoms with Crippen LogP contribution in [0.25, 0.3) is 0 Å². The Labute approximate surface area is 154 Å². The van der Waals surface area contributed by atoms with Gasteiger partial charge in [-0.05, 0) is 44.4 Å². The topological polar surface area (TPSA) is 89.5 Å². The number of benzene rings is 1. The highest BCUT2D eigenvalue weighted by Crippen LogP contribution is 2.12. The van der Waals surface area contributed by atoms with Gasteiger partial charge in [-0.25, -0.2) is 0 Å². The van der Waals surface area contributed by atoms with Crippen molar-refractivity contribution in [3.8, 4) is 0 Å². The quantitative estimate of drug-likeness (QED) is 0.431. The summed E-state index contributed by atoms with van der Waals surface area (Å²) < 4.78 is 5.32. The molecule has 6 nitrogen and oxygen atoms in total. The first-order chi connectivity index (χ1) is 12.4. The molecule has 0 unspecified atom stereocenters. The second-order valence-corrected chi connectivity index (χ2v) is 6.33. The molecule has 142 valence electrons. The SMILES string of the molecule is CC(=O)CCCOCCC(=O)Nc1ccc(CCC(=O)CC(C)=O)cc1. The van der Waals surface area contributed by atoms with Crippen LogP contribution in [-0.4, -0.2) is 36.5 Å². The molecule has 1 amide bonds. The number of amides is 1. The summed E-state index contributed by atoms with van der Waals surface area (Å²) in [5.41, 5.74) is 1.67. The van der Waals surface area contributed by atoms with E-state index in [4.69, 9.17) is 4.74 Å². The van der Waals surface area contributed by atoms with Gasteiger partial charge in [-0.2, -0.15) is 0 Å². The standard InChI is InChI=1S/C20H27NO5/c1-15(22)4-3-12-26-13-11-20(25)21-18-8-5-17(6-9-18)7-10-19(24)14-16(2)23/h5-6,8-9H,3-4,7,10-14H2,1-2H3,(H,21,25). The van der Waals surface area contributed by atoms with Crippen LogP contribution in [0, 0.1) is 0 Å². The van der Waals surface area contributed by atoms with E-state index in [1.165, 1.54) is 6.92 Å². The lowest BCUT2D eigenvalue weighted by atomic mass is 10.0. The number of nitrogens with one attached hydrogen (secondary N) is 1. The second kappa shape index (κ2) is 12.1. The molecule has 0 fully saturated rings. The zero-order chi connectivity index (χ0) is 19.4. The van der Waals surface area contributed by atoms with Gasteiger partial charge >= 0.3 is 0 Å². The molecule has 0 saturated carbocycles. The lowest BCUT2D eigenvalue weighted by molar-refractivity contribution is -0.126. The molecule has 0 heterocycles. The highest BCUT2D eigenvalue weighted by Gasteiger charge is 2.07. The Balaban J connectivity index is 2.24. The van der Waals surface area contributed by atoms with Gasteiger partial charge in [0.05, 0.1) is 19.4 Å². The maximum Gasteiger partial charge on any atom is 0.226 e. The molecule has 0 atom stereocenters. The number of Topliss-reactive ketones (excluding diaryl/α,β-unsaturated/α-hetero) is 3. The zero-order valence-electron chi connectivity index (χ0n) is 15.5. The summed E-state index contributed by atoms with van der Waals surface area (Å²) in [4.78, 5) is 45.0. The van der Waals surface area contributed by atoms with Gasteiger partial charge in [0.15, 0.2) is 0 Å². The Morgan fingerprint density at radius 2 is 1.58 bits per heavy atom. The molecule has 1 rings (SSSR count). The fraction of sp³-hybridized carbons (Fsp3) is 0.500. The van der Waals surface area contributed by atoms with Gasteiger partial charge in [0.1, 0.15) is 17.3 Å². The van der Waals surface area contributed by atoms with E-state index in [9.17, 15) is 19.2 Å². The van der Waals surface area contributed by atoms with E-state index in [0.29, 0.717) is 44.6 Å². The lowest BCUT2D eigenvalue weighted by Crippen LogP contribution is -2.14. The average Bonchev–Trinajstić information content (AvgIpc) is 2.56. The molecule has 0 aliphatic heterocycles. The highest BCUT2D eigenvalue weighted by molar-refractivity contribution is 5.98. The van der Waals surface area contributed by atoms with Crippen molar-refractivity contribution in [1.82, 2.24) is 0 Å². The van der Waals surface area contributed by atoms with E-state index in [1.807, 2.05) is 12.1 Å². The first kappa shape index (κ1) is 21.7. The Morgan fingerprint density at radius 1 is 0.885 bits per heavy atom. The van der Waals surface area contributed by atoms with Gasteiger partial charge in [-0.1, -0.05) is 12.1 Å². The van der Waals surface area contributed by atoms with Gasteiger partial charge in [-0.3, -0.25) is 14.4 Å². The largest absolute Gasteiger partial charge is 0.381 e. The molecule has 0 aromatic heterocycles. The molecule has 1 N–H and O–H groups in total. The van der Waals surface area contributed by atoms with Gasteiger partial charge in [0.2, 0.25) is 5.91 Å². The van der Waals surface area contributed by atoms with E-state index in [2.05, 4.69) is 5.32 Å². The van der Waals surface area contributed by atoms with Crippen LogP contribution < -0.4 is 5.32 Å². The summed E-state index contributed by atoms with van der Waals surface area (Å²) in [5.74, 6) is -0.173. The summed E-state index contributed by atoms with van der Waals surface area (Å²) >= 11 is 0. The third-order valence-corrected chi connectivity index (χ3v) is 3.67. The molecule has 0 spiro atoms. The zero-order valence-corrected chi connectivity index (χ0v) is 15.5. The first-order valence-electron chi connectivity index (χ1n) is 8.84. The van der Waals surface area contributed by atoms with Crippen LogP contribution in [0.2, 0.25) is 0 Å². The molecule has 0 saturated heterocycles. The molecule has 1 aromatic carbocycles. The molecular formula is C20H27NO5. The highest BCUT2D eigenvalue weighted by atomic mass is 16.5. The van der Waals surface area contributed by atoms with E-state index in [0.717, 1.165) is 5.56 Å². The summed E-state index contributed by atoms with van der Waals surface area (Å²) in [6.45, 7) is 3.75. The number of aryl methyl sites for hydroxylation is 1. The Bertz CT molecular complexity index is 622. The number of hydrogen-bond acceptors (Lipinski definition) is 5. The van der Waals surface area contributed by atoms with Crippen LogP contribution in [0.5, 0.6) is 0 Å². The number of ether oxygens (including phenoxy) is 1. The monoisotopic (exact) mass is 361 g/mol. The summed E-state index contributed by atoms with van der Waals surface area (Å²) in [7, 11) is 0. The van der Waals surface area contributed by atoms with E-state index >= 15 is 0 Å². The summed E-state index contributed by atoms with van der Waals surface area (Å²) in [6, 6.07) is 7.29. The summed E-state index contributed by atoms with van der Waals surface area (Å²) in [5, 5.41) is 2.78. The van der Waals surface area contributed by atoms with Crippen LogP contribution in [0.4, 0.5) is 5.69 Å². The maximum absolute atomic E-state index is 11.8. The van der Waals surface area contributed by atoms with E-state index in [1.54, 1.807) is 19.1 Å². The predicted molar refractivity (Wildman–Crippen MR) is 99.0 cm³/mol. The van der Waals surface area contributed by atoms with Gasteiger partial charge in [-0.15, -0.1) is 0 Å². The van der Waals surface area contributed by atoms with Crippen molar-refractivity contribution >= 4 is 28.9 Å². The lowest BCUT2D eigenvalue weighted by Gasteiger charge is -2.07. The smallest absolute Gasteiger partial charge is 0.226 e. The molecule has 1 aromatic rings. The Kier molecular flexibility index (Phi) is 10.1. The minimum Gasteiger partial charge on any atom is -0.381 e. The fourth-order valence-corrected chi connectivity index (χ4v) is 2.32. The third kappa shape index (κ3) is 10.5. The molecule has 26 heavy (non-hydrogen) atoms. The van der Waals surface area contributed by atoms with Gasteiger partial charge in [0.25, 0.3) is 0 Å². The number of ketones is 3. The second-order valence-electron chi connectivity index (χ2n) is 6.33. The van der Waals surface area contributed by atoms with Crippen molar-refractivity contribution < 1.29 is 23.9 Å². The van der Waals surface area contributed by atoms with Crippen molar-refractivity contribution in [2.24, 2.45) is 0 Å². The molecule has 0 radical (unpaired) electrons. The molecule has 0 aliphatic carbocycles. The number of rotatable bonds is 13. The normalized spacial score (nSPS) is 10.4. The van der Waals surface area contributed by atoms with Gasteiger partial charge < -0.3 is 14.8 Å². The van der Waals surface area contributed by atoms with Crippen molar-refractivity contribution in [2.45, 2.75) is 52.4 Å². The number of anilines is 1. The first-order valence-corrected chi connectivity index (χ1v) is 8.84. The van der Waals surface area contributed by atoms with Crippen LogP contribution in [0.1, 0.15) is 51.5 Å². The van der Waals surface area contributed by atoms with Crippen molar-refractivity contribution in [2.75, 3.05) is 18.5 Å². The molecular weight excluding hydrogens is 334 g/mol. The minimum atomic E-state index is -0.138. The van der Waals surface area contributed by atoms with Crippen LogP contribution in [0.3, 0.4) is 0 Å². The third-order valence-electron chi connectivity index (χ3n) is 3.67. The summed E-state index contributed by atoms with van der Waals surface area (Å²) in [6.07, 6.45) is 2.33. The Hall–Kier alpha value is -2.34. The number of carbonyl (C=O) groups excluding carboxylic acids is 4. The van der Waals surface area contributed by atoms with Crippen LogP contribution in [0.15, 0.2) is 24.3 Å². The van der Waals surface area contributed by atoms with Crippen molar-refractivity contribution in [3.63, 3.8) is 0 Å². The number of hydrogen-bond donors (Lipinski definition) is 1. The maximum atomic E-state index is 11.8. The van der Waals surface area contributed by atoms with Crippen LogP contribution >= 0.6 is 0 Å². The van der Waals surface area contributed by atoms with Gasteiger partial charge in [0, 0.05) is 25.1 Å². The van der Waals surface area contributed by atoms with E-state index in [-0.39, 0.29) is 36.1 Å². The molecule has 0 bridgehead atoms. The van der Waals surface area contributed by atoms with Crippen LogP contribution in [-0.2, 0) is 30.3 Å². The van der Waals surface area contributed by atoms with Crippen molar-refractivity contribution in [3.05, 3.63) is 29.8 Å². The average molecular weight is 361 g/mol. The van der Waals surface area contributed by atoms with Crippen molar-refractivity contribution in [1.29, 1.82) is 0 Å². The predicted octanol–water partition coefficient (Wildman–Crippen LogP) is 2.88. The number of carbonyl (C=O) groups is 4. The molecule has 6 heteroatoms. The fourth-order valence-electron chi connectivity index (χ4n) is 2.32. The van der Waals surface area contributed by atoms with E-state index < -0.39 is 0 Å². The molecule has 0 aliphatic rings. The Morgan fingerprint density at radius 3 is 2.19 bits per heavy atom. The minimum absolute atomic E-state index is 0.00896.